The van der Waals surface area contributed by atoms with Crippen LogP contribution in [0.15, 0.2) is 4.99 Å². The van der Waals surface area contributed by atoms with E-state index in [-0.39, 0.29) is 11.9 Å². The predicted octanol–water partition coefficient (Wildman–Crippen LogP) is 4.09. The van der Waals surface area contributed by atoms with Gasteiger partial charge in [-0.15, -0.1) is 0 Å². The third-order valence-electron chi connectivity index (χ3n) is 15.2. The average molecular weight is 966 g/mol. The molecule has 6 heterocycles. The molecule has 6 aliphatic rings. The fourth-order valence-electron chi connectivity index (χ4n) is 9.77. The second-order valence-electron chi connectivity index (χ2n) is 22.0. The van der Waals surface area contributed by atoms with Crippen LogP contribution in [-0.2, 0) is 0 Å². The molecule has 68 heavy (non-hydrogen) atoms. The Bertz CT molecular complexity index is 1200. The third-order valence-corrected chi connectivity index (χ3v) is 15.2. The molecule has 16 nitrogen and oxygen atoms in total. The number of piperidine rings is 5. The molecule has 0 spiro atoms. The monoisotopic (exact) mass is 965 g/mol. The Morgan fingerprint density at radius 3 is 1.03 bits per heavy atom. The summed E-state index contributed by atoms with van der Waals surface area (Å²) >= 11 is 0. The lowest BCUT2D eigenvalue weighted by atomic mass is 10.0. The third kappa shape index (κ3) is 27.7. The minimum Gasteiger partial charge on any atom is -0.370 e. The molecule has 0 amide bonds. The van der Waals surface area contributed by atoms with Gasteiger partial charge in [0.05, 0.1) is 6.04 Å². The zero-order valence-corrected chi connectivity index (χ0v) is 47.2. The van der Waals surface area contributed by atoms with Gasteiger partial charge in [0.2, 0.25) is 0 Å². The number of hydrogen-bond acceptors (Lipinski definition) is 12. The number of likely N-dealkylation sites (tertiary alicyclic amines) is 5. The lowest BCUT2D eigenvalue weighted by Crippen LogP contribution is -2.49. The van der Waals surface area contributed by atoms with Crippen LogP contribution in [0.5, 0.6) is 0 Å². The maximum absolute atomic E-state index is 7.36. The van der Waals surface area contributed by atoms with Gasteiger partial charge in [-0.3, -0.25) is 15.3 Å². The minimum absolute atomic E-state index is 0.188. The molecule has 0 atom stereocenters. The summed E-state index contributed by atoms with van der Waals surface area (Å²) in [6.07, 6.45) is 12.0. The van der Waals surface area contributed by atoms with E-state index >= 15 is 0 Å². The number of nitrogens with one attached hydrogen (secondary N) is 4. The van der Waals surface area contributed by atoms with Gasteiger partial charge >= 0.3 is 0 Å². The van der Waals surface area contributed by atoms with Crippen molar-refractivity contribution >= 4 is 11.9 Å². The van der Waals surface area contributed by atoms with Crippen LogP contribution < -0.4 is 38.9 Å². The molecule has 0 aromatic rings. The van der Waals surface area contributed by atoms with Crippen LogP contribution >= 0.6 is 0 Å². The van der Waals surface area contributed by atoms with Crippen LogP contribution in [0.2, 0.25) is 0 Å². The number of guanidine groups is 2. The van der Waals surface area contributed by atoms with E-state index in [1.165, 1.54) is 90.9 Å². The largest absolute Gasteiger partial charge is 0.370 e. The van der Waals surface area contributed by atoms with Crippen molar-refractivity contribution in [1.29, 1.82) is 5.41 Å². The highest BCUT2D eigenvalue weighted by atomic mass is 15.3. The first-order valence-electron chi connectivity index (χ1n) is 27.5. The molecule has 6 saturated heterocycles. The van der Waals surface area contributed by atoms with Crippen molar-refractivity contribution < 1.29 is 0 Å². The number of hydrogen-bond donors (Lipinski definition) is 8. The van der Waals surface area contributed by atoms with Gasteiger partial charge in [-0.2, -0.15) is 0 Å². The van der Waals surface area contributed by atoms with Crippen LogP contribution in [-0.4, -0.2) is 225 Å². The summed E-state index contributed by atoms with van der Waals surface area (Å²) in [5, 5.41) is 17.4. The Kier molecular flexibility index (Phi) is 34.1. The molecule has 16 heteroatoms. The first-order chi connectivity index (χ1) is 32.1. The molecule has 404 valence electrons. The van der Waals surface area contributed by atoms with Crippen LogP contribution in [0.1, 0.15) is 147 Å². The van der Waals surface area contributed by atoms with Gasteiger partial charge in [0.25, 0.3) is 0 Å². The first kappa shape index (κ1) is 64.2. The van der Waals surface area contributed by atoms with Gasteiger partial charge < -0.3 is 68.3 Å². The van der Waals surface area contributed by atoms with Crippen molar-refractivity contribution in [2.75, 3.05) is 113 Å². The maximum atomic E-state index is 7.36. The molecule has 6 aliphatic heterocycles. The highest BCUT2D eigenvalue weighted by molar-refractivity contribution is 5.75. The standard InChI is InChI=1S/C10H22N4.C9H20N4.2C9H20N2.C8H18N2.C7H16N2/c1-8(2)14-6-4-9(5-7-14)13(3)10(11)12;1-7(2)13-5-3-8(4-6-13)12-9(10)11;2*1-8(2)11-6-4-9(10-3)5-7-11;1-7(2)10-5-3-8(9)4-6-10;1-7(2)9-5-3-8-4-6-9/h8-9H,4-7H2,1-3H3,(H3,11,12);7-8H,3-6H2,1-2H3,(H4,10,11,12);2*8-10H,4-7H2,1-3H3;7-8H,3-6,9H2,1-2H3;7-8H,3-6H2,1-2H3. The normalized spacial score (nSPS) is 22.0. The number of nitrogens with two attached hydrogens (primary N) is 4. The molecule has 0 aliphatic carbocycles. The van der Waals surface area contributed by atoms with Gasteiger partial charge in [0, 0.05) is 120 Å². The Labute approximate surface area is 420 Å². The molecule has 12 N–H and O–H groups in total. The molecule has 6 fully saturated rings. The maximum Gasteiger partial charge on any atom is 0.188 e. The molecule has 0 unspecified atom stereocenters. The van der Waals surface area contributed by atoms with Crippen molar-refractivity contribution in [3.63, 3.8) is 0 Å². The van der Waals surface area contributed by atoms with E-state index < -0.39 is 0 Å². The predicted molar refractivity (Wildman–Crippen MR) is 296 cm³/mol. The van der Waals surface area contributed by atoms with Crippen molar-refractivity contribution in [3.8, 4) is 0 Å². The van der Waals surface area contributed by atoms with Crippen molar-refractivity contribution in [1.82, 2.24) is 50.2 Å². The Morgan fingerprint density at radius 1 is 0.485 bits per heavy atom. The van der Waals surface area contributed by atoms with Gasteiger partial charge in [-0.25, -0.2) is 0 Å². The van der Waals surface area contributed by atoms with E-state index in [1.807, 2.05) is 11.9 Å². The Morgan fingerprint density at radius 2 is 0.765 bits per heavy atom. The summed E-state index contributed by atoms with van der Waals surface area (Å²) < 4.78 is 0. The zero-order valence-electron chi connectivity index (χ0n) is 47.2. The molecule has 0 bridgehead atoms. The van der Waals surface area contributed by atoms with Gasteiger partial charge in [0.15, 0.2) is 11.9 Å². The quantitative estimate of drug-likeness (QED) is 0.115. The van der Waals surface area contributed by atoms with Crippen molar-refractivity contribution in [2.45, 2.75) is 214 Å². The second kappa shape index (κ2) is 36.1. The van der Waals surface area contributed by atoms with Crippen molar-refractivity contribution in [3.05, 3.63) is 0 Å². The topological polar surface area (TPSA) is 199 Å². The van der Waals surface area contributed by atoms with E-state index in [1.54, 1.807) is 0 Å². The lowest BCUT2D eigenvalue weighted by Gasteiger charge is -2.38. The fraction of sp³-hybridized carbons (Fsp3) is 0.962. The lowest BCUT2D eigenvalue weighted by molar-refractivity contribution is 0.136. The second-order valence-corrected chi connectivity index (χ2v) is 22.0. The summed E-state index contributed by atoms with van der Waals surface area (Å²) in [4.78, 5) is 21.1. The SMILES string of the molecule is CC(C)N1CCC(N(C)C(=N)N)CC1.CC(C)N1CCC(N)CC1.CC(C)N1CCC(N=C(N)N)CC1.CC(C)N1CCNCC1.CNC1CCN(C(C)C)CC1.CNC1CCN(C(C)C)CC1. The summed E-state index contributed by atoms with van der Waals surface area (Å²) in [5.74, 6) is 0.413. The Balaban J connectivity index is 0.000000410. The molecule has 0 saturated carbocycles. The summed E-state index contributed by atoms with van der Waals surface area (Å²) in [5.41, 5.74) is 21.9. The minimum atomic E-state index is 0.188. The van der Waals surface area contributed by atoms with E-state index in [0.29, 0.717) is 36.3 Å². The molecular formula is C52H116N16. The van der Waals surface area contributed by atoms with E-state index in [9.17, 15) is 0 Å². The molecule has 0 radical (unpaired) electrons. The highest BCUT2D eigenvalue weighted by Gasteiger charge is 2.25. The van der Waals surface area contributed by atoms with Crippen molar-refractivity contribution in [2.24, 2.45) is 27.9 Å². The fourth-order valence-corrected chi connectivity index (χ4v) is 9.77. The number of rotatable bonds is 10. The van der Waals surface area contributed by atoms with E-state index in [4.69, 9.17) is 28.3 Å². The number of aliphatic imine (C=N–C) groups is 1. The molecule has 6 rings (SSSR count). The summed E-state index contributed by atoms with van der Waals surface area (Å²) in [7, 11) is 6.05. The van der Waals surface area contributed by atoms with Gasteiger partial charge in [-0.05, 0) is 201 Å². The van der Waals surface area contributed by atoms with E-state index in [0.717, 1.165) is 95.2 Å². The average Bonchev–Trinajstić information content (AvgIpc) is 3.32. The van der Waals surface area contributed by atoms with Gasteiger partial charge in [0.1, 0.15) is 0 Å². The number of nitrogens with zero attached hydrogens (tertiary/aromatic N) is 8. The van der Waals surface area contributed by atoms with Crippen LogP contribution in [0.4, 0.5) is 0 Å². The van der Waals surface area contributed by atoms with Crippen LogP contribution in [0.25, 0.3) is 0 Å². The smallest absolute Gasteiger partial charge is 0.188 e. The summed E-state index contributed by atoms with van der Waals surface area (Å²) in [6, 6.07) is 6.98. The van der Waals surface area contributed by atoms with E-state index in [2.05, 4.69) is 148 Å². The molecule has 0 aromatic heterocycles. The Hall–Kier alpha value is -1.86. The van der Waals surface area contributed by atoms with Crippen LogP contribution in [0.3, 0.4) is 0 Å². The number of piperazine rings is 1. The van der Waals surface area contributed by atoms with Gasteiger partial charge in [-0.1, -0.05) is 0 Å². The van der Waals surface area contributed by atoms with Crippen LogP contribution in [0, 0.1) is 5.41 Å². The molecule has 0 aromatic carbocycles. The summed E-state index contributed by atoms with van der Waals surface area (Å²) in [6.45, 7) is 43.7. The molecular weight excluding hydrogens is 849 g/mol. The zero-order chi connectivity index (χ0) is 51.3. The highest BCUT2D eigenvalue weighted by Crippen LogP contribution is 2.18. The first-order valence-corrected chi connectivity index (χ1v) is 27.5.